The summed E-state index contributed by atoms with van der Waals surface area (Å²) < 4.78 is 49.5. The fourth-order valence-corrected chi connectivity index (χ4v) is 1.25. The second-order valence-corrected chi connectivity index (χ2v) is 3.25. The molecular weight excluding hydrogens is 266 g/mol. The quantitative estimate of drug-likeness (QED) is 0.661. The number of alkyl halides is 3. The van der Waals surface area contributed by atoms with Crippen LogP contribution in [0.5, 0.6) is 0 Å². The van der Waals surface area contributed by atoms with Gasteiger partial charge in [0.2, 0.25) is 0 Å². The molecular formula is C8H2BrF4N. The molecule has 14 heavy (non-hydrogen) atoms. The van der Waals surface area contributed by atoms with E-state index >= 15 is 0 Å². The van der Waals surface area contributed by atoms with Crippen molar-refractivity contribution in [3.63, 3.8) is 0 Å². The van der Waals surface area contributed by atoms with E-state index in [2.05, 4.69) is 15.9 Å². The topological polar surface area (TPSA) is 23.8 Å². The van der Waals surface area contributed by atoms with Crippen LogP contribution in [0.25, 0.3) is 0 Å². The lowest BCUT2D eigenvalue weighted by molar-refractivity contribution is -0.140. The van der Waals surface area contributed by atoms with Crippen LogP contribution in [0.15, 0.2) is 16.6 Å². The van der Waals surface area contributed by atoms with Crippen LogP contribution in [-0.2, 0) is 6.18 Å². The molecule has 0 N–H and O–H groups in total. The predicted octanol–water partition coefficient (Wildman–Crippen LogP) is 3.48. The minimum absolute atomic E-state index is 0.316. The highest BCUT2D eigenvalue weighted by Gasteiger charge is 2.37. The van der Waals surface area contributed by atoms with Crippen molar-refractivity contribution in [2.45, 2.75) is 6.18 Å². The zero-order chi connectivity index (χ0) is 10.9. The van der Waals surface area contributed by atoms with Crippen molar-refractivity contribution < 1.29 is 17.6 Å². The first-order valence-electron chi connectivity index (χ1n) is 3.33. The van der Waals surface area contributed by atoms with E-state index in [-0.39, 0.29) is 4.47 Å². The standard InChI is InChI=1S/C8H2BrF4N/c9-5-2-1-4(3-14)6(7(5)10)8(11,12)13/h1-2H. The molecule has 6 heteroatoms. The van der Waals surface area contributed by atoms with Crippen LogP contribution in [0, 0.1) is 17.1 Å². The molecule has 0 heterocycles. The minimum Gasteiger partial charge on any atom is -0.205 e. The van der Waals surface area contributed by atoms with Crippen LogP contribution in [-0.4, -0.2) is 0 Å². The van der Waals surface area contributed by atoms with Gasteiger partial charge in [0, 0.05) is 0 Å². The molecule has 0 bridgehead atoms. The summed E-state index contributed by atoms with van der Waals surface area (Å²) in [5.74, 6) is -1.46. The molecule has 1 aromatic rings. The van der Waals surface area contributed by atoms with Gasteiger partial charge in [-0.05, 0) is 28.1 Å². The average Bonchev–Trinajstić information content (AvgIpc) is 2.07. The van der Waals surface area contributed by atoms with Gasteiger partial charge in [-0.2, -0.15) is 18.4 Å². The normalized spacial score (nSPS) is 11.1. The van der Waals surface area contributed by atoms with Crippen molar-refractivity contribution >= 4 is 15.9 Å². The molecule has 1 rings (SSSR count). The first-order valence-corrected chi connectivity index (χ1v) is 4.12. The van der Waals surface area contributed by atoms with E-state index in [1.807, 2.05) is 0 Å². The number of benzene rings is 1. The van der Waals surface area contributed by atoms with Gasteiger partial charge in [0.1, 0.15) is 5.56 Å². The minimum atomic E-state index is -4.86. The van der Waals surface area contributed by atoms with Crippen LogP contribution in [0.1, 0.15) is 11.1 Å². The SMILES string of the molecule is N#Cc1ccc(Br)c(F)c1C(F)(F)F. The summed E-state index contributed by atoms with van der Waals surface area (Å²) in [4.78, 5) is 0. The summed E-state index contributed by atoms with van der Waals surface area (Å²) in [7, 11) is 0. The second-order valence-electron chi connectivity index (χ2n) is 2.39. The maximum atomic E-state index is 13.0. The molecule has 0 fully saturated rings. The Bertz CT molecular complexity index is 405. The van der Waals surface area contributed by atoms with Crippen LogP contribution >= 0.6 is 15.9 Å². The van der Waals surface area contributed by atoms with Crippen molar-refractivity contribution in [3.05, 3.63) is 33.5 Å². The number of nitriles is 1. The number of rotatable bonds is 0. The third-order valence-electron chi connectivity index (χ3n) is 1.50. The predicted molar refractivity (Wildman–Crippen MR) is 43.8 cm³/mol. The lowest BCUT2D eigenvalue weighted by atomic mass is 10.1. The van der Waals surface area contributed by atoms with Gasteiger partial charge in [-0.1, -0.05) is 0 Å². The Morgan fingerprint density at radius 1 is 1.29 bits per heavy atom. The molecule has 0 saturated heterocycles. The van der Waals surface area contributed by atoms with E-state index in [9.17, 15) is 17.6 Å². The monoisotopic (exact) mass is 267 g/mol. The largest absolute Gasteiger partial charge is 0.420 e. The third-order valence-corrected chi connectivity index (χ3v) is 2.11. The zero-order valence-corrected chi connectivity index (χ0v) is 8.08. The first-order chi connectivity index (χ1) is 6.38. The van der Waals surface area contributed by atoms with E-state index in [1.165, 1.54) is 6.07 Å². The molecule has 0 spiro atoms. The van der Waals surface area contributed by atoms with Crippen molar-refractivity contribution in [1.29, 1.82) is 5.26 Å². The van der Waals surface area contributed by atoms with Crippen LogP contribution in [0.4, 0.5) is 17.6 Å². The van der Waals surface area contributed by atoms with Gasteiger partial charge in [0.15, 0.2) is 5.82 Å². The molecule has 0 aliphatic carbocycles. The summed E-state index contributed by atoms with van der Waals surface area (Å²) in [6, 6.07) is 3.26. The lowest BCUT2D eigenvalue weighted by Crippen LogP contribution is -2.11. The number of halogens is 5. The summed E-state index contributed by atoms with van der Waals surface area (Å²) in [6.45, 7) is 0. The molecule has 74 valence electrons. The lowest BCUT2D eigenvalue weighted by Gasteiger charge is -2.10. The van der Waals surface area contributed by atoms with Crippen LogP contribution in [0.3, 0.4) is 0 Å². The highest BCUT2D eigenvalue weighted by molar-refractivity contribution is 9.10. The van der Waals surface area contributed by atoms with Gasteiger partial charge >= 0.3 is 6.18 Å². The van der Waals surface area contributed by atoms with E-state index in [0.717, 1.165) is 12.1 Å². The highest BCUT2D eigenvalue weighted by atomic mass is 79.9. The molecule has 0 saturated carbocycles. The Morgan fingerprint density at radius 3 is 2.29 bits per heavy atom. The average molecular weight is 268 g/mol. The van der Waals surface area contributed by atoms with E-state index in [0.29, 0.717) is 0 Å². The van der Waals surface area contributed by atoms with E-state index in [1.54, 1.807) is 0 Å². The van der Waals surface area contributed by atoms with Crippen molar-refractivity contribution in [2.24, 2.45) is 0 Å². The first kappa shape index (κ1) is 11.0. The number of nitrogens with zero attached hydrogens (tertiary/aromatic N) is 1. The smallest absolute Gasteiger partial charge is 0.205 e. The van der Waals surface area contributed by atoms with Gasteiger partial charge in [0.05, 0.1) is 16.1 Å². The van der Waals surface area contributed by atoms with E-state index in [4.69, 9.17) is 5.26 Å². The molecule has 0 aliphatic heterocycles. The Morgan fingerprint density at radius 2 is 1.86 bits per heavy atom. The zero-order valence-electron chi connectivity index (χ0n) is 6.49. The molecule has 0 atom stereocenters. The maximum Gasteiger partial charge on any atom is 0.420 e. The van der Waals surface area contributed by atoms with Crippen molar-refractivity contribution in [1.82, 2.24) is 0 Å². The highest BCUT2D eigenvalue weighted by Crippen LogP contribution is 2.36. The molecule has 1 nitrogen and oxygen atoms in total. The fourth-order valence-electron chi connectivity index (χ4n) is 0.921. The number of hydrogen-bond donors (Lipinski definition) is 0. The molecule has 1 aromatic carbocycles. The second kappa shape index (κ2) is 3.58. The third kappa shape index (κ3) is 1.87. The molecule has 0 unspecified atom stereocenters. The summed E-state index contributed by atoms with van der Waals surface area (Å²) in [5.41, 5.74) is -2.26. The van der Waals surface area contributed by atoms with Gasteiger partial charge in [0.25, 0.3) is 0 Å². The maximum absolute atomic E-state index is 13.0. The summed E-state index contributed by atoms with van der Waals surface area (Å²) in [6.07, 6.45) is -4.86. The van der Waals surface area contributed by atoms with Gasteiger partial charge in [-0.15, -0.1) is 0 Å². The molecule has 0 aliphatic rings. The molecule has 0 radical (unpaired) electrons. The fraction of sp³-hybridized carbons (Fsp3) is 0.125. The summed E-state index contributed by atoms with van der Waals surface area (Å²) >= 11 is 2.62. The Hall–Kier alpha value is -1.09. The Kier molecular flexibility index (Phi) is 2.81. The van der Waals surface area contributed by atoms with Crippen molar-refractivity contribution in [2.75, 3.05) is 0 Å². The Balaban J connectivity index is 3.54. The number of hydrogen-bond acceptors (Lipinski definition) is 1. The Labute approximate surface area is 85.1 Å². The summed E-state index contributed by atoms with van der Waals surface area (Å²) in [5, 5.41) is 8.37. The van der Waals surface area contributed by atoms with Crippen LogP contribution < -0.4 is 0 Å². The molecule has 0 aromatic heterocycles. The van der Waals surface area contributed by atoms with Crippen molar-refractivity contribution in [3.8, 4) is 6.07 Å². The van der Waals surface area contributed by atoms with Gasteiger partial charge in [-0.3, -0.25) is 0 Å². The van der Waals surface area contributed by atoms with Gasteiger partial charge in [-0.25, -0.2) is 4.39 Å². The van der Waals surface area contributed by atoms with Gasteiger partial charge < -0.3 is 0 Å². The van der Waals surface area contributed by atoms with E-state index < -0.39 is 23.1 Å². The molecule has 0 amide bonds. The van der Waals surface area contributed by atoms with Crippen LogP contribution in [0.2, 0.25) is 0 Å².